The van der Waals surface area contributed by atoms with E-state index < -0.39 is 5.97 Å². The molecule has 4 nitrogen and oxygen atoms in total. The van der Waals surface area contributed by atoms with Crippen LogP contribution in [-0.4, -0.2) is 28.8 Å². The summed E-state index contributed by atoms with van der Waals surface area (Å²) in [6, 6.07) is 14.7. The van der Waals surface area contributed by atoms with Crippen LogP contribution in [0.5, 0.6) is 0 Å². The lowest BCUT2D eigenvalue weighted by atomic mass is 10.0. The van der Waals surface area contributed by atoms with Crippen LogP contribution in [0.15, 0.2) is 48.5 Å². The summed E-state index contributed by atoms with van der Waals surface area (Å²) in [6.45, 7) is 1.79. The summed E-state index contributed by atoms with van der Waals surface area (Å²) >= 11 is 0. The quantitative estimate of drug-likeness (QED) is 0.763. The zero-order chi connectivity index (χ0) is 15.2. The molecule has 4 heteroatoms. The van der Waals surface area contributed by atoms with Gasteiger partial charge in [-0.25, -0.2) is 4.79 Å². The summed E-state index contributed by atoms with van der Waals surface area (Å²) in [7, 11) is 0. The van der Waals surface area contributed by atoms with E-state index in [0.717, 1.165) is 11.1 Å². The van der Waals surface area contributed by atoms with E-state index in [1.807, 2.05) is 43.3 Å². The van der Waals surface area contributed by atoms with Crippen molar-refractivity contribution in [3.63, 3.8) is 0 Å². The standard InChI is InChI=1S/C17H19NO3/c1-12-6-5-9-15(17(20)21)16(12)18-14(11-19)10-13-7-3-2-4-8-13/h2-9,14,18-19H,10-11H2,1H3,(H,20,21). The normalized spacial score (nSPS) is 11.9. The number of aliphatic hydroxyl groups excluding tert-OH is 1. The van der Waals surface area contributed by atoms with Crippen molar-refractivity contribution >= 4 is 11.7 Å². The number of aliphatic hydroxyl groups is 1. The maximum atomic E-state index is 11.3. The maximum Gasteiger partial charge on any atom is 0.337 e. The number of carboxylic acid groups (broad SMARTS) is 1. The van der Waals surface area contributed by atoms with Gasteiger partial charge in [-0.2, -0.15) is 0 Å². The molecule has 2 aromatic rings. The molecule has 0 fully saturated rings. The van der Waals surface area contributed by atoms with E-state index in [2.05, 4.69) is 5.32 Å². The highest BCUT2D eigenvalue weighted by Crippen LogP contribution is 2.22. The van der Waals surface area contributed by atoms with E-state index in [0.29, 0.717) is 12.1 Å². The zero-order valence-electron chi connectivity index (χ0n) is 11.9. The van der Waals surface area contributed by atoms with Crippen LogP contribution in [0.3, 0.4) is 0 Å². The van der Waals surface area contributed by atoms with Gasteiger partial charge in [0.1, 0.15) is 0 Å². The molecule has 0 saturated heterocycles. The third kappa shape index (κ3) is 3.83. The van der Waals surface area contributed by atoms with E-state index in [1.54, 1.807) is 12.1 Å². The number of nitrogens with one attached hydrogen (secondary N) is 1. The van der Waals surface area contributed by atoms with Crippen LogP contribution in [-0.2, 0) is 6.42 Å². The van der Waals surface area contributed by atoms with Crippen molar-refractivity contribution in [1.82, 2.24) is 0 Å². The van der Waals surface area contributed by atoms with Gasteiger partial charge in [-0.1, -0.05) is 42.5 Å². The highest BCUT2D eigenvalue weighted by Gasteiger charge is 2.16. The largest absolute Gasteiger partial charge is 0.478 e. The molecule has 0 amide bonds. The first-order chi connectivity index (χ1) is 10.1. The van der Waals surface area contributed by atoms with E-state index in [9.17, 15) is 15.0 Å². The Labute approximate surface area is 124 Å². The van der Waals surface area contributed by atoms with Crippen molar-refractivity contribution in [1.29, 1.82) is 0 Å². The Hall–Kier alpha value is -2.33. The van der Waals surface area contributed by atoms with Gasteiger partial charge in [0.05, 0.1) is 23.9 Å². The SMILES string of the molecule is Cc1cccc(C(=O)O)c1NC(CO)Cc1ccccc1. The number of anilines is 1. The zero-order valence-corrected chi connectivity index (χ0v) is 11.9. The first kappa shape index (κ1) is 15.1. The Kier molecular flexibility index (Phi) is 4.95. The van der Waals surface area contributed by atoms with Gasteiger partial charge in [-0.15, -0.1) is 0 Å². The number of hydrogen-bond acceptors (Lipinski definition) is 3. The van der Waals surface area contributed by atoms with Crippen LogP contribution >= 0.6 is 0 Å². The fourth-order valence-electron chi connectivity index (χ4n) is 2.30. The molecule has 0 aliphatic heterocycles. The molecule has 3 N–H and O–H groups in total. The Morgan fingerprint density at radius 3 is 2.48 bits per heavy atom. The summed E-state index contributed by atoms with van der Waals surface area (Å²) in [4.78, 5) is 11.3. The molecular weight excluding hydrogens is 266 g/mol. The number of benzene rings is 2. The van der Waals surface area contributed by atoms with Crippen molar-refractivity contribution in [3.05, 3.63) is 65.2 Å². The summed E-state index contributed by atoms with van der Waals surface area (Å²) in [6.07, 6.45) is 0.630. The third-order valence-electron chi connectivity index (χ3n) is 3.40. The minimum atomic E-state index is -0.974. The second kappa shape index (κ2) is 6.90. The summed E-state index contributed by atoms with van der Waals surface area (Å²) in [5.74, 6) is -0.974. The van der Waals surface area contributed by atoms with Gasteiger partial charge in [-0.3, -0.25) is 0 Å². The van der Waals surface area contributed by atoms with Crippen LogP contribution < -0.4 is 5.32 Å². The van der Waals surface area contributed by atoms with Crippen LogP contribution in [0.1, 0.15) is 21.5 Å². The molecule has 0 radical (unpaired) electrons. The van der Waals surface area contributed by atoms with Crippen LogP contribution in [0.25, 0.3) is 0 Å². The summed E-state index contributed by atoms with van der Waals surface area (Å²) < 4.78 is 0. The average molecular weight is 285 g/mol. The molecule has 2 rings (SSSR count). The van der Waals surface area contributed by atoms with Crippen LogP contribution in [0, 0.1) is 6.92 Å². The maximum absolute atomic E-state index is 11.3. The highest BCUT2D eigenvalue weighted by atomic mass is 16.4. The topological polar surface area (TPSA) is 69.6 Å². The Morgan fingerprint density at radius 2 is 1.86 bits per heavy atom. The van der Waals surface area contributed by atoms with Crippen molar-refractivity contribution in [3.8, 4) is 0 Å². The van der Waals surface area contributed by atoms with E-state index in [-0.39, 0.29) is 18.2 Å². The van der Waals surface area contributed by atoms with Gasteiger partial charge in [0, 0.05) is 0 Å². The van der Waals surface area contributed by atoms with E-state index >= 15 is 0 Å². The summed E-state index contributed by atoms with van der Waals surface area (Å²) in [5, 5.41) is 22.0. The van der Waals surface area contributed by atoms with Gasteiger partial charge in [0.2, 0.25) is 0 Å². The first-order valence-electron chi connectivity index (χ1n) is 6.86. The van der Waals surface area contributed by atoms with Crippen molar-refractivity contribution in [2.75, 3.05) is 11.9 Å². The van der Waals surface area contributed by atoms with Gasteiger partial charge in [-0.05, 0) is 30.5 Å². The fraction of sp³-hybridized carbons (Fsp3) is 0.235. The number of aromatic carboxylic acids is 1. The molecule has 2 aromatic carbocycles. The van der Waals surface area contributed by atoms with E-state index in [4.69, 9.17) is 0 Å². The van der Waals surface area contributed by atoms with Crippen molar-refractivity contribution < 1.29 is 15.0 Å². The van der Waals surface area contributed by atoms with Crippen molar-refractivity contribution in [2.24, 2.45) is 0 Å². The van der Waals surface area contributed by atoms with Gasteiger partial charge in [0.25, 0.3) is 0 Å². The molecule has 1 atom stereocenters. The molecule has 110 valence electrons. The smallest absolute Gasteiger partial charge is 0.337 e. The molecule has 0 heterocycles. The molecular formula is C17H19NO3. The lowest BCUT2D eigenvalue weighted by Crippen LogP contribution is -2.27. The predicted octanol–water partition coefficient (Wildman–Crippen LogP) is 2.71. The number of aryl methyl sites for hydroxylation is 1. The monoisotopic (exact) mass is 285 g/mol. The molecule has 0 aromatic heterocycles. The van der Waals surface area contributed by atoms with Crippen molar-refractivity contribution in [2.45, 2.75) is 19.4 Å². The molecule has 0 saturated carbocycles. The summed E-state index contributed by atoms with van der Waals surface area (Å²) in [5.41, 5.74) is 2.73. The Morgan fingerprint density at radius 1 is 1.14 bits per heavy atom. The lowest BCUT2D eigenvalue weighted by Gasteiger charge is -2.20. The second-order valence-corrected chi connectivity index (χ2v) is 5.02. The first-order valence-corrected chi connectivity index (χ1v) is 6.86. The Balaban J connectivity index is 2.21. The molecule has 0 bridgehead atoms. The molecule has 0 spiro atoms. The number of carbonyl (C=O) groups is 1. The molecule has 0 aliphatic rings. The Bertz CT molecular complexity index is 611. The number of carboxylic acids is 1. The number of hydrogen-bond donors (Lipinski definition) is 3. The highest BCUT2D eigenvalue weighted by molar-refractivity contribution is 5.95. The van der Waals surface area contributed by atoms with E-state index in [1.165, 1.54) is 0 Å². The molecule has 0 aliphatic carbocycles. The average Bonchev–Trinajstić information content (AvgIpc) is 2.49. The minimum absolute atomic E-state index is 0.0672. The van der Waals surface area contributed by atoms with Gasteiger partial charge >= 0.3 is 5.97 Å². The predicted molar refractivity (Wildman–Crippen MR) is 82.8 cm³/mol. The fourth-order valence-corrected chi connectivity index (χ4v) is 2.30. The number of rotatable bonds is 6. The second-order valence-electron chi connectivity index (χ2n) is 5.02. The molecule has 1 unspecified atom stereocenters. The third-order valence-corrected chi connectivity index (χ3v) is 3.40. The van der Waals surface area contributed by atoms with Crippen LogP contribution in [0.2, 0.25) is 0 Å². The lowest BCUT2D eigenvalue weighted by molar-refractivity contribution is 0.0697. The number of para-hydroxylation sites is 1. The molecule has 21 heavy (non-hydrogen) atoms. The van der Waals surface area contributed by atoms with Gasteiger partial charge < -0.3 is 15.5 Å². The van der Waals surface area contributed by atoms with Gasteiger partial charge in [0.15, 0.2) is 0 Å². The minimum Gasteiger partial charge on any atom is -0.478 e. The van der Waals surface area contributed by atoms with Crippen LogP contribution in [0.4, 0.5) is 5.69 Å².